The molecule has 0 radical (unpaired) electrons. The lowest BCUT2D eigenvalue weighted by molar-refractivity contribution is -0.151. The molecule has 2 N–H and O–H groups in total. The number of para-hydroxylation sites is 1. The van der Waals surface area contributed by atoms with Crippen LogP contribution in [0.25, 0.3) is 0 Å². The van der Waals surface area contributed by atoms with Crippen molar-refractivity contribution < 1.29 is 19.7 Å². The lowest BCUT2D eigenvalue weighted by Crippen LogP contribution is -2.49. The molecule has 1 aliphatic rings. The molecule has 2 aromatic rings. The topological polar surface area (TPSA) is 79.1 Å². The summed E-state index contributed by atoms with van der Waals surface area (Å²) in [4.78, 5) is 17.0. The Morgan fingerprint density at radius 1 is 1.10 bits per heavy atom. The molecule has 30 heavy (non-hydrogen) atoms. The number of aliphatic hydroxyl groups excluding tert-OH is 1. The van der Waals surface area contributed by atoms with Crippen molar-refractivity contribution in [2.75, 3.05) is 0 Å². The number of carbonyl (C=O) groups is 1. The van der Waals surface area contributed by atoms with Gasteiger partial charge in [-0.05, 0) is 55.2 Å². The fourth-order valence-electron chi connectivity index (χ4n) is 4.11. The molecule has 0 bridgehead atoms. The number of aliphatic imine (C=N–C) groups is 1. The third kappa shape index (κ3) is 4.17. The number of benzene rings is 2. The maximum absolute atomic E-state index is 12.3. The summed E-state index contributed by atoms with van der Waals surface area (Å²) in [5.74, 6) is 0.465. The van der Waals surface area contributed by atoms with Crippen LogP contribution in [0.1, 0.15) is 45.6 Å². The quantitative estimate of drug-likeness (QED) is 0.615. The molecule has 3 rings (SSSR count). The highest BCUT2D eigenvalue weighted by Gasteiger charge is 2.50. The van der Waals surface area contributed by atoms with E-state index in [-0.39, 0.29) is 0 Å². The molecule has 2 unspecified atom stereocenters. The second-order valence-electron chi connectivity index (χ2n) is 7.70. The molecular formula is C25H29NO4. The van der Waals surface area contributed by atoms with Gasteiger partial charge in [-0.15, -0.1) is 0 Å². The molecule has 2 atom stereocenters. The molecule has 5 heteroatoms. The van der Waals surface area contributed by atoms with E-state index in [0.717, 1.165) is 17.7 Å². The summed E-state index contributed by atoms with van der Waals surface area (Å²) in [5, 5.41) is 20.9. The highest BCUT2D eigenvalue weighted by atomic mass is 16.5. The van der Waals surface area contributed by atoms with Gasteiger partial charge < -0.3 is 14.9 Å². The normalized spacial score (nSPS) is 21.3. The van der Waals surface area contributed by atoms with Crippen LogP contribution in [-0.4, -0.2) is 28.0 Å². The van der Waals surface area contributed by atoms with E-state index in [0.29, 0.717) is 42.0 Å². The van der Waals surface area contributed by atoms with Gasteiger partial charge in [-0.3, -0.25) is 9.79 Å². The first-order chi connectivity index (χ1) is 14.4. The molecule has 0 saturated carbocycles. The molecular weight excluding hydrogens is 378 g/mol. The zero-order valence-electron chi connectivity index (χ0n) is 17.8. The first kappa shape index (κ1) is 21.8. The van der Waals surface area contributed by atoms with Crippen molar-refractivity contribution in [3.8, 4) is 11.5 Å². The van der Waals surface area contributed by atoms with E-state index in [1.807, 2.05) is 68.4 Å². The van der Waals surface area contributed by atoms with E-state index >= 15 is 0 Å². The van der Waals surface area contributed by atoms with Crippen LogP contribution in [0, 0.1) is 5.41 Å². The summed E-state index contributed by atoms with van der Waals surface area (Å²) in [7, 11) is 0. The highest BCUT2D eigenvalue weighted by molar-refractivity contribution is 5.98. The number of aliphatic hydroxyl groups is 1. The minimum Gasteiger partial charge on any atom is -0.481 e. The lowest BCUT2D eigenvalue weighted by atomic mass is 9.69. The largest absolute Gasteiger partial charge is 0.481 e. The fraction of sp³-hybridized carbons (Fsp3) is 0.360. The number of hydrogen-bond acceptors (Lipinski definition) is 4. The third-order valence-electron chi connectivity index (χ3n) is 5.86. The van der Waals surface area contributed by atoms with Crippen molar-refractivity contribution in [3.63, 3.8) is 0 Å². The summed E-state index contributed by atoms with van der Waals surface area (Å²) >= 11 is 0. The van der Waals surface area contributed by atoms with Gasteiger partial charge in [0.15, 0.2) is 0 Å². The predicted molar refractivity (Wildman–Crippen MR) is 118 cm³/mol. The Kier molecular flexibility index (Phi) is 6.73. The van der Waals surface area contributed by atoms with Crippen LogP contribution in [0.15, 0.2) is 70.9 Å². The van der Waals surface area contributed by atoms with Crippen molar-refractivity contribution in [2.24, 2.45) is 10.4 Å². The second-order valence-corrected chi connectivity index (χ2v) is 7.70. The molecule has 0 amide bonds. The second kappa shape index (κ2) is 9.26. The number of rotatable bonds is 8. The number of carboxylic acids is 1. The Hall–Kier alpha value is -2.92. The van der Waals surface area contributed by atoms with Crippen LogP contribution in [-0.2, 0) is 11.2 Å². The molecule has 0 aliphatic carbocycles. The molecule has 158 valence electrons. The van der Waals surface area contributed by atoms with E-state index in [9.17, 15) is 15.0 Å². The fourth-order valence-corrected chi connectivity index (χ4v) is 4.11. The van der Waals surface area contributed by atoms with E-state index in [4.69, 9.17) is 9.73 Å². The molecule has 0 aromatic heterocycles. The van der Waals surface area contributed by atoms with E-state index < -0.39 is 17.5 Å². The lowest BCUT2D eigenvalue weighted by Gasteiger charge is -2.39. The van der Waals surface area contributed by atoms with Gasteiger partial charge in [-0.2, -0.15) is 0 Å². The predicted octanol–water partition coefficient (Wildman–Crippen LogP) is 5.39. The van der Waals surface area contributed by atoms with Crippen LogP contribution in [0.2, 0.25) is 0 Å². The van der Waals surface area contributed by atoms with Gasteiger partial charge in [0.1, 0.15) is 23.0 Å². The number of hydrogen-bond donors (Lipinski definition) is 2. The van der Waals surface area contributed by atoms with Gasteiger partial charge in [0.25, 0.3) is 0 Å². The molecule has 0 saturated heterocycles. The molecule has 2 aromatic carbocycles. The third-order valence-corrected chi connectivity index (χ3v) is 5.86. The highest BCUT2D eigenvalue weighted by Crippen LogP contribution is 2.42. The zero-order valence-corrected chi connectivity index (χ0v) is 17.8. The number of ether oxygens (including phenoxy) is 1. The molecule has 1 heterocycles. The van der Waals surface area contributed by atoms with Gasteiger partial charge in [-0.1, -0.05) is 50.6 Å². The zero-order chi connectivity index (χ0) is 21.7. The van der Waals surface area contributed by atoms with Crippen molar-refractivity contribution in [3.05, 3.63) is 71.4 Å². The van der Waals surface area contributed by atoms with Crippen LogP contribution in [0.5, 0.6) is 11.5 Å². The summed E-state index contributed by atoms with van der Waals surface area (Å²) < 4.78 is 5.93. The minimum absolute atomic E-state index is 0.304. The van der Waals surface area contributed by atoms with Gasteiger partial charge in [0.05, 0.1) is 0 Å². The molecule has 0 fully saturated rings. The van der Waals surface area contributed by atoms with Crippen LogP contribution >= 0.6 is 0 Å². The number of aliphatic carboxylic acids is 1. The van der Waals surface area contributed by atoms with Crippen LogP contribution in [0.3, 0.4) is 0 Å². The standard InChI is InChI=1S/C25H29NO4/c1-4-10-21-23(27)25(5-2,24(28)29)17(3)22(26-21)16-18-11-9-14-20(15-18)30-19-12-7-6-8-13-19/h6-9,11-15,23,27H,4-5,10,16H2,1-3H3,(H,28,29). The molecule has 5 nitrogen and oxygen atoms in total. The number of nitrogens with zero attached hydrogens (tertiary/aromatic N) is 1. The summed E-state index contributed by atoms with van der Waals surface area (Å²) in [6.45, 7) is 5.59. The Bertz CT molecular complexity index is 964. The van der Waals surface area contributed by atoms with E-state index in [1.54, 1.807) is 6.92 Å². The first-order valence-electron chi connectivity index (χ1n) is 10.4. The van der Waals surface area contributed by atoms with Crippen LogP contribution in [0.4, 0.5) is 0 Å². The average molecular weight is 408 g/mol. The van der Waals surface area contributed by atoms with Crippen molar-refractivity contribution >= 4 is 11.7 Å². The van der Waals surface area contributed by atoms with Crippen molar-refractivity contribution in [1.29, 1.82) is 0 Å². The maximum Gasteiger partial charge on any atom is 0.316 e. The van der Waals surface area contributed by atoms with Gasteiger partial charge in [-0.25, -0.2) is 0 Å². The Balaban J connectivity index is 1.95. The molecule has 0 spiro atoms. The summed E-state index contributed by atoms with van der Waals surface area (Å²) in [6.07, 6.45) is 1.05. The first-order valence-corrected chi connectivity index (χ1v) is 10.4. The summed E-state index contributed by atoms with van der Waals surface area (Å²) in [6, 6.07) is 17.3. The van der Waals surface area contributed by atoms with Gasteiger partial charge in [0, 0.05) is 17.8 Å². The van der Waals surface area contributed by atoms with E-state index in [2.05, 4.69) is 0 Å². The van der Waals surface area contributed by atoms with Crippen LogP contribution < -0.4 is 4.74 Å². The Labute approximate surface area is 177 Å². The Morgan fingerprint density at radius 3 is 2.43 bits per heavy atom. The number of carboxylic acid groups (broad SMARTS) is 1. The Morgan fingerprint density at radius 2 is 1.80 bits per heavy atom. The minimum atomic E-state index is -1.33. The number of allylic oxidation sites excluding steroid dienone is 1. The SMILES string of the molecule is CCCC1=NC(Cc2cccc(Oc3ccccc3)c2)=C(C)C(CC)(C(=O)O)C1O. The van der Waals surface area contributed by atoms with Crippen molar-refractivity contribution in [2.45, 2.75) is 52.6 Å². The molecule has 1 aliphatic heterocycles. The van der Waals surface area contributed by atoms with Crippen molar-refractivity contribution in [1.82, 2.24) is 0 Å². The monoisotopic (exact) mass is 407 g/mol. The smallest absolute Gasteiger partial charge is 0.316 e. The van der Waals surface area contributed by atoms with E-state index in [1.165, 1.54) is 0 Å². The maximum atomic E-state index is 12.3. The summed E-state index contributed by atoms with van der Waals surface area (Å²) in [5.41, 5.74) is 1.53. The average Bonchev–Trinajstić information content (AvgIpc) is 2.73. The van der Waals surface area contributed by atoms with Gasteiger partial charge in [0.2, 0.25) is 0 Å². The van der Waals surface area contributed by atoms with Gasteiger partial charge >= 0.3 is 5.97 Å².